The average molecular weight is 309 g/mol. The van der Waals surface area contributed by atoms with E-state index in [1.165, 1.54) is 6.08 Å². The summed E-state index contributed by atoms with van der Waals surface area (Å²) < 4.78 is 11.8. The van der Waals surface area contributed by atoms with Crippen LogP contribution in [0.15, 0.2) is 21.6 Å². The Morgan fingerprint density at radius 1 is 1.39 bits per heavy atom. The van der Waals surface area contributed by atoms with E-state index in [0.29, 0.717) is 34.7 Å². The molecule has 0 aliphatic carbocycles. The third kappa shape index (κ3) is 2.53. The monoisotopic (exact) mass is 308 g/mol. The van der Waals surface area contributed by atoms with Gasteiger partial charge >= 0.3 is 0 Å². The molecule has 0 aromatic heterocycles. The van der Waals surface area contributed by atoms with Crippen molar-refractivity contribution in [2.24, 2.45) is 4.99 Å². The third-order valence-corrected chi connectivity index (χ3v) is 3.03. The number of rotatable bonds is 2. The van der Waals surface area contributed by atoms with Crippen molar-refractivity contribution < 1.29 is 14.3 Å². The maximum atomic E-state index is 10.3. The highest BCUT2D eigenvalue weighted by Gasteiger charge is 2.19. The van der Waals surface area contributed by atoms with E-state index in [1.807, 2.05) is 6.07 Å². The summed E-state index contributed by atoms with van der Waals surface area (Å²) in [6, 6.07) is 4.41. The molecule has 0 spiro atoms. The third-order valence-electron chi connectivity index (χ3n) is 2.44. The Morgan fingerprint density at radius 3 is 2.89 bits per heavy atom. The molecule has 0 amide bonds. The number of aliphatic imine (C=N–C) groups is 1. The molecule has 0 bridgehead atoms. The first-order valence-electron chi connectivity index (χ1n) is 5.32. The minimum Gasteiger partial charge on any atom is -0.490 e. The van der Waals surface area contributed by atoms with Crippen LogP contribution in [-0.4, -0.2) is 19.3 Å². The molecular weight excluding hydrogens is 300 g/mol. The quantitative estimate of drug-likeness (QED) is 0.621. The van der Waals surface area contributed by atoms with Crippen molar-refractivity contribution in [3.8, 4) is 17.6 Å². The molecule has 18 heavy (non-hydrogen) atoms. The Labute approximate surface area is 112 Å². The second-order valence-corrected chi connectivity index (χ2v) is 4.49. The van der Waals surface area contributed by atoms with E-state index >= 15 is 0 Å². The van der Waals surface area contributed by atoms with Crippen LogP contribution >= 0.6 is 15.9 Å². The van der Waals surface area contributed by atoms with Gasteiger partial charge in [0.15, 0.2) is 17.5 Å². The molecule has 6 heteroatoms. The molecule has 1 aromatic rings. The standard InChI is InChI=1S/C12H9BrN2O3/c13-9-4-8(10(6-14)15-7-16)5-11-12(9)18-3-1-2-17-11/h4-5,10H,1-3H2. The Hall–Kier alpha value is -1.83. The molecule has 0 fully saturated rings. The van der Waals surface area contributed by atoms with E-state index in [-0.39, 0.29) is 0 Å². The molecular formula is C12H9BrN2O3. The lowest BCUT2D eigenvalue weighted by atomic mass is 10.1. The van der Waals surface area contributed by atoms with Gasteiger partial charge in [0.05, 0.1) is 23.8 Å². The average Bonchev–Trinajstić information content (AvgIpc) is 2.61. The van der Waals surface area contributed by atoms with E-state index in [1.54, 1.807) is 12.1 Å². The summed E-state index contributed by atoms with van der Waals surface area (Å²) >= 11 is 3.36. The second kappa shape index (κ2) is 5.67. The van der Waals surface area contributed by atoms with Crippen LogP contribution in [0.4, 0.5) is 0 Å². The predicted molar refractivity (Wildman–Crippen MR) is 66.2 cm³/mol. The van der Waals surface area contributed by atoms with Gasteiger partial charge in [0.2, 0.25) is 6.08 Å². The number of nitrogens with zero attached hydrogens (tertiary/aromatic N) is 2. The summed E-state index contributed by atoms with van der Waals surface area (Å²) in [5.74, 6) is 1.17. The van der Waals surface area contributed by atoms with E-state index < -0.39 is 6.04 Å². The van der Waals surface area contributed by atoms with Crippen molar-refractivity contribution in [3.63, 3.8) is 0 Å². The number of halogens is 1. The van der Waals surface area contributed by atoms with Crippen molar-refractivity contribution in [1.82, 2.24) is 0 Å². The highest BCUT2D eigenvalue weighted by atomic mass is 79.9. The van der Waals surface area contributed by atoms with Crippen LogP contribution in [0, 0.1) is 11.3 Å². The van der Waals surface area contributed by atoms with Gasteiger partial charge in [-0.05, 0) is 33.6 Å². The van der Waals surface area contributed by atoms with Gasteiger partial charge in [0, 0.05) is 6.42 Å². The highest BCUT2D eigenvalue weighted by molar-refractivity contribution is 9.10. The smallest absolute Gasteiger partial charge is 0.236 e. The van der Waals surface area contributed by atoms with Gasteiger partial charge in [0.1, 0.15) is 0 Å². The summed E-state index contributed by atoms with van der Waals surface area (Å²) in [5, 5.41) is 8.95. The summed E-state index contributed by atoms with van der Waals surface area (Å²) in [5.41, 5.74) is 0.567. The number of fused-ring (bicyclic) bond motifs is 1. The molecule has 1 heterocycles. The molecule has 1 atom stereocenters. The highest BCUT2D eigenvalue weighted by Crippen LogP contribution is 2.39. The van der Waals surface area contributed by atoms with E-state index in [9.17, 15) is 4.79 Å². The van der Waals surface area contributed by atoms with Crippen LogP contribution < -0.4 is 9.47 Å². The normalized spacial score (nSPS) is 14.9. The Balaban J connectivity index is 2.46. The van der Waals surface area contributed by atoms with Crippen LogP contribution in [-0.2, 0) is 4.79 Å². The van der Waals surface area contributed by atoms with Crippen LogP contribution in [0.1, 0.15) is 18.0 Å². The topological polar surface area (TPSA) is 71.7 Å². The van der Waals surface area contributed by atoms with Crippen molar-refractivity contribution in [1.29, 1.82) is 5.26 Å². The summed E-state index contributed by atoms with van der Waals surface area (Å²) in [6.45, 7) is 1.14. The summed E-state index contributed by atoms with van der Waals surface area (Å²) in [4.78, 5) is 13.7. The van der Waals surface area contributed by atoms with Crippen molar-refractivity contribution >= 4 is 22.0 Å². The minimum atomic E-state index is -0.879. The second-order valence-electron chi connectivity index (χ2n) is 3.63. The fourth-order valence-electron chi connectivity index (χ4n) is 1.64. The van der Waals surface area contributed by atoms with Crippen molar-refractivity contribution in [2.75, 3.05) is 13.2 Å². The van der Waals surface area contributed by atoms with Gasteiger partial charge in [-0.3, -0.25) is 0 Å². The molecule has 1 aromatic carbocycles. The van der Waals surface area contributed by atoms with Crippen LogP contribution in [0.5, 0.6) is 11.5 Å². The van der Waals surface area contributed by atoms with Gasteiger partial charge in [0.25, 0.3) is 0 Å². The first kappa shape index (κ1) is 12.6. The Kier molecular flexibility index (Phi) is 3.98. The summed E-state index contributed by atoms with van der Waals surface area (Å²) in [7, 11) is 0. The molecule has 92 valence electrons. The van der Waals surface area contributed by atoms with E-state index in [4.69, 9.17) is 14.7 Å². The number of carbonyl (C=O) groups excluding carboxylic acids is 1. The van der Waals surface area contributed by atoms with Crippen LogP contribution in [0.3, 0.4) is 0 Å². The van der Waals surface area contributed by atoms with E-state index in [0.717, 1.165) is 6.42 Å². The Bertz CT molecular complexity index is 547. The van der Waals surface area contributed by atoms with E-state index in [2.05, 4.69) is 20.9 Å². The van der Waals surface area contributed by atoms with Gasteiger partial charge in [-0.25, -0.2) is 4.79 Å². The number of hydrogen-bond acceptors (Lipinski definition) is 5. The maximum absolute atomic E-state index is 10.3. The molecule has 1 unspecified atom stereocenters. The number of hydrogen-bond donors (Lipinski definition) is 0. The lowest BCUT2D eigenvalue weighted by molar-refractivity contribution is 0.296. The molecule has 1 aliphatic heterocycles. The van der Waals surface area contributed by atoms with Crippen LogP contribution in [0.2, 0.25) is 0 Å². The summed E-state index contributed by atoms with van der Waals surface area (Å²) in [6.07, 6.45) is 2.19. The number of nitriles is 1. The lowest BCUT2D eigenvalue weighted by Crippen LogP contribution is -1.97. The molecule has 0 N–H and O–H groups in total. The molecule has 1 aliphatic rings. The number of benzene rings is 1. The Morgan fingerprint density at radius 2 is 2.17 bits per heavy atom. The molecule has 0 saturated heterocycles. The molecule has 0 radical (unpaired) electrons. The predicted octanol–water partition coefficient (Wildman–Crippen LogP) is 2.51. The molecule has 5 nitrogen and oxygen atoms in total. The van der Waals surface area contributed by atoms with Crippen molar-refractivity contribution in [2.45, 2.75) is 12.5 Å². The number of ether oxygens (including phenoxy) is 2. The van der Waals surface area contributed by atoms with Gasteiger partial charge in [-0.15, -0.1) is 0 Å². The fourth-order valence-corrected chi connectivity index (χ4v) is 2.21. The van der Waals surface area contributed by atoms with Gasteiger partial charge < -0.3 is 9.47 Å². The zero-order valence-corrected chi connectivity index (χ0v) is 10.9. The lowest BCUT2D eigenvalue weighted by Gasteiger charge is -2.12. The first-order valence-corrected chi connectivity index (χ1v) is 6.11. The molecule has 0 saturated carbocycles. The molecule has 2 rings (SSSR count). The maximum Gasteiger partial charge on any atom is 0.236 e. The largest absolute Gasteiger partial charge is 0.490 e. The van der Waals surface area contributed by atoms with Crippen molar-refractivity contribution in [3.05, 3.63) is 22.2 Å². The SMILES string of the molecule is N#CC(N=C=O)c1cc(Br)c2c(c1)OCCCO2. The first-order chi connectivity index (χ1) is 8.76. The fraction of sp³-hybridized carbons (Fsp3) is 0.333. The zero-order valence-electron chi connectivity index (χ0n) is 9.35. The number of isocyanates is 1. The zero-order chi connectivity index (χ0) is 13.0. The van der Waals surface area contributed by atoms with Gasteiger partial charge in [-0.1, -0.05) is 0 Å². The van der Waals surface area contributed by atoms with Gasteiger partial charge in [-0.2, -0.15) is 10.3 Å². The minimum absolute atomic E-state index is 0.553. The van der Waals surface area contributed by atoms with Crippen LogP contribution in [0.25, 0.3) is 0 Å².